The number of benzene rings is 1. The van der Waals surface area contributed by atoms with E-state index >= 15 is 0 Å². The summed E-state index contributed by atoms with van der Waals surface area (Å²) in [5.74, 6) is 0.0467. The lowest BCUT2D eigenvalue weighted by Gasteiger charge is -2.32. The molecule has 1 atom stereocenters. The Morgan fingerprint density at radius 1 is 1.32 bits per heavy atom. The van der Waals surface area contributed by atoms with Crippen LogP contribution < -0.4 is 10.5 Å². The number of nitrogens with two attached hydrogens (primary N) is 1. The summed E-state index contributed by atoms with van der Waals surface area (Å²) in [4.78, 5) is 24.9. The Balaban J connectivity index is 1.85. The van der Waals surface area contributed by atoms with E-state index in [1.807, 2.05) is 17.0 Å². The van der Waals surface area contributed by atoms with E-state index in [-0.39, 0.29) is 18.6 Å². The highest BCUT2D eigenvalue weighted by molar-refractivity contribution is 5.91. The Kier molecular flexibility index (Phi) is 7.47. The number of primary amides is 1. The lowest BCUT2D eigenvalue weighted by atomic mass is 10.1. The monoisotopic (exact) mass is 346 g/mol. The average molecular weight is 346 g/mol. The lowest BCUT2D eigenvalue weighted by Crippen LogP contribution is -2.42. The predicted molar refractivity (Wildman–Crippen MR) is 96.0 cm³/mol. The first-order valence-corrected chi connectivity index (χ1v) is 8.68. The Bertz CT molecular complexity index is 598. The van der Waals surface area contributed by atoms with Gasteiger partial charge in [0, 0.05) is 25.8 Å². The van der Waals surface area contributed by atoms with E-state index in [4.69, 9.17) is 15.2 Å². The van der Waals surface area contributed by atoms with Crippen molar-refractivity contribution >= 4 is 17.9 Å². The Hall–Kier alpha value is -2.34. The minimum atomic E-state index is -0.516. The SMILES string of the molecule is CCCO[C@H]1CCCN(C(=O)/C=C\c2ccc(OCC(N)=O)cc2)C1. The second kappa shape index (κ2) is 9.84. The molecule has 0 aromatic heterocycles. The van der Waals surface area contributed by atoms with E-state index in [1.54, 1.807) is 24.3 Å². The molecule has 2 amide bonds. The van der Waals surface area contributed by atoms with Gasteiger partial charge in [0.25, 0.3) is 5.91 Å². The Labute approximate surface area is 148 Å². The van der Waals surface area contributed by atoms with Gasteiger partial charge >= 0.3 is 0 Å². The topological polar surface area (TPSA) is 81.9 Å². The fourth-order valence-corrected chi connectivity index (χ4v) is 2.66. The van der Waals surface area contributed by atoms with Crippen LogP contribution >= 0.6 is 0 Å². The molecule has 0 unspecified atom stereocenters. The average Bonchev–Trinajstić information content (AvgIpc) is 2.63. The van der Waals surface area contributed by atoms with E-state index in [9.17, 15) is 9.59 Å². The number of rotatable bonds is 8. The van der Waals surface area contributed by atoms with Gasteiger partial charge in [-0.3, -0.25) is 9.59 Å². The molecule has 0 bridgehead atoms. The summed E-state index contributed by atoms with van der Waals surface area (Å²) in [7, 11) is 0. The van der Waals surface area contributed by atoms with Crippen LogP contribution in [0.2, 0.25) is 0 Å². The van der Waals surface area contributed by atoms with E-state index in [0.717, 1.165) is 38.0 Å². The molecule has 1 aliphatic heterocycles. The molecule has 0 saturated carbocycles. The van der Waals surface area contributed by atoms with Gasteiger partial charge in [-0.15, -0.1) is 0 Å². The van der Waals surface area contributed by atoms with Crippen LogP contribution in [-0.2, 0) is 14.3 Å². The highest BCUT2D eigenvalue weighted by Crippen LogP contribution is 2.16. The van der Waals surface area contributed by atoms with Gasteiger partial charge in [-0.2, -0.15) is 0 Å². The predicted octanol–water partition coefficient (Wildman–Crippen LogP) is 1.98. The van der Waals surface area contributed by atoms with Crippen molar-refractivity contribution in [1.29, 1.82) is 0 Å². The molecular weight excluding hydrogens is 320 g/mol. The number of likely N-dealkylation sites (tertiary alicyclic amines) is 1. The maximum atomic E-state index is 12.3. The molecule has 25 heavy (non-hydrogen) atoms. The van der Waals surface area contributed by atoms with Gasteiger partial charge < -0.3 is 20.1 Å². The van der Waals surface area contributed by atoms with Crippen molar-refractivity contribution in [1.82, 2.24) is 4.90 Å². The number of piperidine rings is 1. The zero-order valence-electron chi connectivity index (χ0n) is 14.6. The number of hydrogen-bond acceptors (Lipinski definition) is 4. The van der Waals surface area contributed by atoms with Crippen LogP contribution in [0.5, 0.6) is 5.75 Å². The van der Waals surface area contributed by atoms with Crippen LogP contribution in [0.3, 0.4) is 0 Å². The molecule has 1 aromatic rings. The van der Waals surface area contributed by atoms with Crippen LogP contribution in [-0.4, -0.2) is 49.1 Å². The van der Waals surface area contributed by atoms with Crippen LogP contribution in [0.1, 0.15) is 31.7 Å². The molecule has 1 heterocycles. The number of hydrogen-bond donors (Lipinski definition) is 1. The number of nitrogens with zero attached hydrogens (tertiary/aromatic N) is 1. The molecule has 1 aromatic carbocycles. The highest BCUT2D eigenvalue weighted by atomic mass is 16.5. The van der Waals surface area contributed by atoms with Crippen molar-refractivity contribution in [2.45, 2.75) is 32.3 Å². The zero-order chi connectivity index (χ0) is 18.1. The van der Waals surface area contributed by atoms with Crippen LogP contribution in [0.15, 0.2) is 30.3 Å². The molecule has 0 radical (unpaired) electrons. The lowest BCUT2D eigenvalue weighted by molar-refractivity contribution is -0.130. The quantitative estimate of drug-likeness (QED) is 0.730. The van der Waals surface area contributed by atoms with Crippen LogP contribution in [0.25, 0.3) is 6.08 Å². The Morgan fingerprint density at radius 2 is 2.08 bits per heavy atom. The highest BCUT2D eigenvalue weighted by Gasteiger charge is 2.22. The zero-order valence-corrected chi connectivity index (χ0v) is 14.6. The van der Waals surface area contributed by atoms with Crippen molar-refractivity contribution < 1.29 is 19.1 Å². The molecule has 0 spiro atoms. The molecule has 0 aliphatic carbocycles. The number of amides is 2. The van der Waals surface area contributed by atoms with Crippen molar-refractivity contribution in [2.24, 2.45) is 5.73 Å². The van der Waals surface area contributed by atoms with E-state index in [1.165, 1.54) is 0 Å². The van der Waals surface area contributed by atoms with Crippen molar-refractivity contribution in [3.63, 3.8) is 0 Å². The van der Waals surface area contributed by atoms with Gasteiger partial charge in [0.05, 0.1) is 6.10 Å². The molecular formula is C19H26N2O4. The van der Waals surface area contributed by atoms with Crippen LogP contribution in [0, 0.1) is 0 Å². The normalized spacial score (nSPS) is 17.6. The molecule has 136 valence electrons. The van der Waals surface area contributed by atoms with Gasteiger partial charge in [-0.25, -0.2) is 0 Å². The first kappa shape index (κ1) is 19.0. The summed E-state index contributed by atoms with van der Waals surface area (Å²) in [6.45, 7) is 4.10. The molecule has 1 aliphatic rings. The molecule has 1 saturated heterocycles. The van der Waals surface area contributed by atoms with Gasteiger partial charge in [-0.1, -0.05) is 19.1 Å². The van der Waals surface area contributed by atoms with Gasteiger partial charge in [0.1, 0.15) is 5.75 Å². The first-order valence-electron chi connectivity index (χ1n) is 8.68. The summed E-state index contributed by atoms with van der Waals surface area (Å²) in [6, 6.07) is 7.12. The minimum absolute atomic E-state index is 0.00106. The third kappa shape index (κ3) is 6.58. The van der Waals surface area contributed by atoms with Gasteiger partial charge in [0.15, 0.2) is 6.61 Å². The van der Waals surface area contributed by atoms with Crippen molar-refractivity contribution in [2.75, 3.05) is 26.3 Å². The maximum Gasteiger partial charge on any atom is 0.255 e. The minimum Gasteiger partial charge on any atom is -0.484 e. The van der Waals surface area contributed by atoms with E-state index < -0.39 is 5.91 Å². The molecule has 1 fully saturated rings. The van der Waals surface area contributed by atoms with Gasteiger partial charge in [-0.05, 0) is 43.0 Å². The summed E-state index contributed by atoms with van der Waals surface area (Å²) in [5.41, 5.74) is 5.92. The number of ether oxygens (including phenoxy) is 2. The second-order valence-corrected chi connectivity index (χ2v) is 6.08. The van der Waals surface area contributed by atoms with E-state index in [0.29, 0.717) is 12.3 Å². The molecule has 6 heteroatoms. The Morgan fingerprint density at radius 3 is 2.76 bits per heavy atom. The maximum absolute atomic E-state index is 12.3. The molecule has 2 rings (SSSR count). The van der Waals surface area contributed by atoms with E-state index in [2.05, 4.69) is 6.92 Å². The molecule has 2 N–H and O–H groups in total. The van der Waals surface area contributed by atoms with Gasteiger partial charge in [0.2, 0.25) is 5.91 Å². The number of carbonyl (C=O) groups excluding carboxylic acids is 2. The second-order valence-electron chi connectivity index (χ2n) is 6.08. The standard InChI is InChI=1S/C19H26N2O4/c1-2-12-24-17-4-3-11-21(13-17)19(23)10-7-15-5-8-16(9-6-15)25-14-18(20)22/h5-10,17H,2-4,11-14H2,1H3,(H2,20,22)/b10-7-/t17-/m0/s1. The summed E-state index contributed by atoms with van der Waals surface area (Å²) in [5, 5.41) is 0. The van der Waals surface area contributed by atoms with Crippen LogP contribution in [0.4, 0.5) is 0 Å². The molecule has 6 nitrogen and oxygen atoms in total. The van der Waals surface area contributed by atoms with Crippen molar-refractivity contribution in [3.05, 3.63) is 35.9 Å². The number of carbonyl (C=O) groups is 2. The van der Waals surface area contributed by atoms with Crippen molar-refractivity contribution in [3.8, 4) is 5.75 Å². The summed E-state index contributed by atoms with van der Waals surface area (Å²) in [6.07, 6.45) is 6.48. The summed E-state index contributed by atoms with van der Waals surface area (Å²) < 4.78 is 11.0. The smallest absolute Gasteiger partial charge is 0.255 e. The fraction of sp³-hybridized carbons (Fsp3) is 0.474. The fourth-order valence-electron chi connectivity index (χ4n) is 2.66. The summed E-state index contributed by atoms with van der Waals surface area (Å²) >= 11 is 0. The first-order chi connectivity index (χ1) is 12.1. The largest absolute Gasteiger partial charge is 0.484 e. The third-order valence-corrected chi connectivity index (χ3v) is 3.93. The third-order valence-electron chi connectivity index (χ3n) is 3.93.